The van der Waals surface area contributed by atoms with E-state index in [1.165, 1.54) is 25.6 Å². The number of aromatic nitrogens is 2. The molecule has 0 aliphatic carbocycles. The molecule has 164 valence electrons. The molecule has 0 fully saturated rings. The van der Waals surface area contributed by atoms with E-state index in [1.807, 2.05) is 4.90 Å². The zero-order chi connectivity index (χ0) is 22.6. The molecular formula is C20H21F3N6O2. The Morgan fingerprint density at radius 2 is 2.16 bits per heavy atom. The highest BCUT2D eigenvalue weighted by Gasteiger charge is 2.32. The second kappa shape index (κ2) is 9.13. The summed E-state index contributed by atoms with van der Waals surface area (Å²) in [6.45, 7) is 1.17. The Labute approximate surface area is 176 Å². The third-order valence-electron chi connectivity index (χ3n) is 4.74. The Bertz CT molecular complexity index is 1040. The van der Waals surface area contributed by atoms with Crippen LogP contribution in [-0.4, -0.2) is 40.6 Å². The normalized spacial score (nSPS) is 15.2. The van der Waals surface area contributed by atoms with Crippen LogP contribution < -0.4 is 11.5 Å². The molecule has 1 aliphatic rings. The van der Waals surface area contributed by atoms with Crippen LogP contribution in [0, 0.1) is 0 Å². The van der Waals surface area contributed by atoms with E-state index in [0.29, 0.717) is 42.2 Å². The molecule has 4 N–H and O–H groups in total. The van der Waals surface area contributed by atoms with Crippen LogP contribution >= 0.6 is 0 Å². The SMILES string of the molecule is COC(C=Nc1cc(C(N)=O)nc2c1CCN(Cc1ccnc(C(F)(F)F)c1)C2)=CN. The number of carbonyl (C=O) groups is 1. The lowest BCUT2D eigenvalue weighted by molar-refractivity contribution is -0.141. The number of hydrogen-bond donors (Lipinski definition) is 2. The number of allylic oxidation sites excluding steroid dienone is 1. The van der Waals surface area contributed by atoms with Gasteiger partial charge in [-0.1, -0.05) is 0 Å². The molecule has 31 heavy (non-hydrogen) atoms. The molecule has 0 saturated heterocycles. The number of alkyl halides is 3. The number of methoxy groups -OCH3 is 1. The molecule has 2 aromatic rings. The minimum atomic E-state index is -4.51. The van der Waals surface area contributed by atoms with E-state index >= 15 is 0 Å². The van der Waals surface area contributed by atoms with E-state index < -0.39 is 17.8 Å². The number of nitrogens with two attached hydrogens (primary N) is 2. The van der Waals surface area contributed by atoms with Gasteiger partial charge in [0.2, 0.25) is 0 Å². The number of aliphatic imine (C=N–C) groups is 1. The van der Waals surface area contributed by atoms with Gasteiger partial charge in [0.05, 0.1) is 24.7 Å². The van der Waals surface area contributed by atoms with Gasteiger partial charge >= 0.3 is 6.18 Å². The lowest BCUT2D eigenvalue weighted by atomic mass is 10.0. The first kappa shape index (κ1) is 22.2. The number of primary amides is 1. The summed E-state index contributed by atoms with van der Waals surface area (Å²) >= 11 is 0. The Balaban J connectivity index is 1.87. The monoisotopic (exact) mass is 434 g/mol. The molecule has 11 heteroatoms. The fraction of sp³-hybridized carbons (Fsp3) is 0.300. The van der Waals surface area contributed by atoms with Crippen LogP contribution in [0.3, 0.4) is 0 Å². The van der Waals surface area contributed by atoms with Crippen molar-refractivity contribution in [1.82, 2.24) is 14.9 Å². The van der Waals surface area contributed by atoms with Crippen LogP contribution in [0.4, 0.5) is 18.9 Å². The number of pyridine rings is 2. The van der Waals surface area contributed by atoms with Gasteiger partial charge in [0.1, 0.15) is 11.4 Å². The van der Waals surface area contributed by atoms with Crippen LogP contribution in [0.5, 0.6) is 0 Å². The third kappa shape index (κ3) is 5.37. The van der Waals surface area contributed by atoms with Gasteiger partial charge in [0, 0.05) is 37.6 Å². The first-order valence-electron chi connectivity index (χ1n) is 9.28. The van der Waals surface area contributed by atoms with Crippen molar-refractivity contribution in [3.05, 3.63) is 64.6 Å². The van der Waals surface area contributed by atoms with Crippen LogP contribution in [0.2, 0.25) is 0 Å². The maximum Gasteiger partial charge on any atom is 0.433 e. The van der Waals surface area contributed by atoms with Crippen molar-refractivity contribution in [1.29, 1.82) is 0 Å². The zero-order valence-corrected chi connectivity index (χ0v) is 16.7. The summed E-state index contributed by atoms with van der Waals surface area (Å²) in [7, 11) is 1.45. The molecule has 3 heterocycles. The van der Waals surface area contributed by atoms with Crippen LogP contribution in [0.1, 0.15) is 33.0 Å². The molecule has 1 aliphatic heterocycles. The first-order valence-corrected chi connectivity index (χ1v) is 9.28. The molecule has 0 atom stereocenters. The molecule has 0 unspecified atom stereocenters. The summed E-state index contributed by atoms with van der Waals surface area (Å²) in [5.74, 6) is -0.372. The standard InChI is InChI=1S/C20H21F3N6O2/c1-31-13(8-24)9-27-15-7-16(19(25)30)28-17-11-29(5-3-14(15)17)10-12-2-4-26-18(6-12)20(21,22)23/h2,4,6-9H,3,5,10-11,24H2,1H3,(H2,25,30). The molecule has 0 aromatic carbocycles. The number of halogens is 3. The maximum absolute atomic E-state index is 12.9. The summed E-state index contributed by atoms with van der Waals surface area (Å²) in [4.78, 5) is 25.7. The Morgan fingerprint density at radius 3 is 2.81 bits per heavy atom. The summed E-state index contributed by atoms with van der Waals surface area (Å²) in [5, 5.41) is 0. The van der Waals surface area contributed by atoms with Crippen LogP contribution in [0.15, 0.2) is 41.3 Å². The second-order valence-corrected chi connectivity index (χ2v) is 6.86. The molecule has 1 amide bonds. The van der Waals surface area contributed by atoms with Gasteiger partial charge in [0.15, 0.2) is 5.76 Å². The van der Waals surface area contributed by atoms with Gasteiger partial charge in [-0.25, -0.2) is 4.98 Å². The van der Waals surface area contributed by atoms with Crippen molar-refractivity contribution in [2.75, 3.05) is 13.7 Å². The van der Waals surface area contributed by atoms with Crippen molar-refractivity contribution in [2.24, 2.45) is 16.5 Å². The van der Waals surface area contributed by atoms with E-state index in [-0.39, 0.29) is 12.2 Å². The quantitative estimate of drug-likeness (QED) is 0.532. The van der Waals surface area contributed by atoms with Crippen molar-refractivity contribution in [3.8, 4) is 0 Å². The minimum absolute atomic E-state index is 0.0479. The zero-order valence-electron chi connectivity index (χ0n) is 16.7. The molecular weight excluding hydrogens is 413 g/mol. The Hall–Kier alpha value is -3.47. The van der Waals surface area contributed by atoms with E-state index in [1.54, 1.807) is 6.07 Å². The third-order valence-corrected chi connectivity index (χ3v) is 4.74. The highest BCUT2D eigenvalue weighted by atomic mass is 19.4. The van der Waals surface area contributed by atoms with E-state index in [4.69, 9.17) is 16.2 Å². The lowest BCUT2D eigenvalue weighted by Gasteiger charge is -2.29. The highest BCUT2D eigenvalue weighted by molar-refractivity contribution is 5.92. The predicted molar refractivity (Wildman–Crippen MR) is 107 cm³/mol. The number of amides is 1. The Morgan fingerprint density at radius 1 is 1.39 bits per heavy atom. The van der Waals surface area contributed by atoms with Gasteiger partial charge in [-0.3, -0.25) is 19.7 Å². The minimum Gasteiger partial charge on any atom is -0.494 e. The molecule has 2 aromatic heterocycles. The molecule has 0 spiro atoms. The van der Waals surface area contributed by atoms with Crippen LogP contribution in [0.25, 0.3) is 0 Å². The molecule has 0 radical (unpaired) electrons. The summed E-state index contributed by atoms with van der Waals surface area (Å²) in [6, 6.07) is 4.07. The average Bonchev–Trinajstić information content (AvgIpc) is 2.73. The van der Waals surface area contributed by atoms with Gasteiger partial charge in [-0.05, 0) is 30.2 Å². The number of hydrogen-bond acceptors (Lipinski definition) is 7. The average molecular weight is 434 g/mol. The highest BCUT2D eigenvalue weighted by Crippen LogP contribution is 2.30. The summed E-state index contributed by atoms with van der Waals surface area (Å²) < 4.78 is 43.8. The number of nitrogens with zero attached hydrogens (tertiary/aromatic N) is 4. The smallest absolute Gasteiger partial charge is 0.433 e. The van der Waals surface area contributed by atoms with Gasteiger partial charge in [0.25, 0.3) is 5.91 Å². The lowest BCUT2D eigenvalue weighted by Crippen LogP contribution is -2.31. The second-order valence-electron chi connectivity index (χ2n) is 6.86. The number of rotatable bonds is 6. The maximum atomic E-state index is 12.9. The molecule has 8 nitrogen and oxygen atoms in total. The van der Waals surface area contributed by atoms with Crippen molar-refractivity contribution < 1.29 is 22.7 Å². The fourth-order valence-electron chi connectivity index (χ4n) is 3.23. The van der Waals surface area contributed by atoms with Gasteiger partial charge < -0.3 is 16.2 Å². The number of ether oxygens (including phenoxy) is 1. The topological polar surface area (TPSA) is 120 Å². The Kier molecular flexibility index (Phi) is 6.54. The number of fused-ring (bicyclic) bond motifs is 1. The first-order chi connectivity index (χ1) is 14.7. The van der Waals surface area contributed by atoms with Crippen molar-refractivity contribution in [2.45, 2.75) is 25.7 Å². The summed E-state index contributed by atoms with van der Waals surface area (Å²) in [5.41, 5.74) is 12.4. The van der Waals surface area contributed by atoms with E-state index in [0.717, 1.165) is 17.8 Å². The fourth-order valence-corrected chi connectivity index (χ4v) is 3.23. The van der Waals surface area contributed by atoms with E-state index in [9.17, 15) is 18.0 Å². The van der Waals surface area contributed by atoms with Gasteiger partial charge in [-0.2, -0.15) is 13.2 Å². The molecule has 0 saturated carbocycles. The predicted octanol–water partition coefficient (Wildman–Crippen LogP) is 2.30. The number of carbonyl (C=O) groups excluding carboxylic acids is 1. The molecule has 0 bridgehead atoms. The van der Waals surface area contributed by atoms with E-state index in [2.05, 4.69) is 15.0 Å². The van der Waals surface area contributed by atoms with Crippen molar-refractivity contribution in [3.63, 3.8) is 0 Å². The van der Waals surface area contributed by atoms with Crippen LogP contribution in [-0.2, 0) is 30.4 Å². The summed E-state index contributed by atoms with van der Waals surface area (Å²) in [6.07, 6.45) is -0.154. The van der Waals surface area contributed by atoms with Gasteiger partial charge in [-0.15, -0.1) is 0 Å². The van der Waals surface area contributed by atoms with Crippen molar-refractivity contribution >= 4 is 17.8 Å². The molecule has 3 rings (SSSR count). The largest absolute Gasteiger partial charge is 0.494 e.